The second-order valence-electron chi connectivity index (χ2n) is 4.99. The van der Waals surface area contributed by atoms with Crippen LogP contribution in [0.4, 0.5) is 0 Å². The van der Waals surface area contributed by atoms with Gasteiger partial charge in [-0.2, -0.15) is 0 Å². The first kappa shape index (κ1) is 10.1. The molecule has 0 aliphatic heterocycles. The molecule has 12 heavy (non-hydrogen) atoms. The van der Waals surface area contributed by atoms with Crippen molar-refractivity contribution >= 4 is 0 Å². The second-order valence-corrected chi connectivity index (χ2v) is 4.99. The van der Waals surface area contributed by atoms with E-state index in [1.165, 1.54) is 25.7 Å². The Morgan fingerprint density at radius 3 is 2.42 bits per heavy atom. The molecule has 1 aliphatic carbocycles. The minimum atomic E-state index is 0.905. The summed E-state index contributed by atoms with van der Waals surface area (Å²) in [6.07, 6.45) is 5.84. The topological polar surface area (TPSA) is 0 Å². The maximum absolute atomic E-state index is 2.42. The van der Waals surface area contributed by atoms with Crippen molar-refractivity contribution in [2.75, 3.05) is 0 Å². The van der Waals surface area contributed by atoms with Crippen LogP contribution in [0.25, 0.3) is 0 Å². The van der Waals surface area contributed by atoms with Gasteiger partial charge in [0.1, 0.15) is 0 Å². The predicted molar refractivity (Wildman–Crippen MR) is 55.1 cm³/mol. The van der Waals surface area contributed by atoms with E-state index in [1.54, 1.807) is 0 Å². The highest BCUT2D eigenvalue weighted by molar-refractivity contribution is 4.79. The van der Waals surface area contributed by atoms with Crippen LogP contribution in [0.3, 0.4) is 0 Å². The van der Waals surface area contributed by atoms with E-state index in [1.807, 2.05) is 0 Å². The van der Waals surface area contributed by atoms with Crippen molar-refractivity contribution in [3.63, 3.8) is 0 Å². The zero-order chi connectivity index (χ0) is 9.14. The van der Waals surface area contributed by atoms with E-state index in [-0.39, 0.29) is 0 Å². The van der Waals surface area contributed by atoms with E-state index in [2.05, 4.69) is 27.7 Å². The molecule has 1 rings (SSSR count). The molecule has 0 heteroatoms. The minimum absolute atomic E-state index is 0.905. The zero-order valence-corrected chi connectivity index (χ0v) is 9.14. The molecule has 72 valence electrons. The lowest BCUT2D eigenvalue weighted by Gasteiger charge is -2.36. The molecule has 1 fully saturated rings. The van der Waals surface area contributed by atoms with Crippen molar-refractivity contribution in [2.24, 2.45) is 23.7 Å². The minimum Gasteiger partial charge on any atom is -0.0651 e. The molecule has 0 heterocycles. The molecule has 0 nitrogen and oxygen atoms in total. The van der Waals surface area contributed by atoms with E-state index in [0.29, 0.717) is 0 Å². The summed E-state index contributed by atoms with van der Waals surface area (Å²) in [4.78, 5) is 0. The molecule has 0 bridgehead atoms. The summed E-state index contributed by atoms with van der Waals surface area (Å²) in [6.45, 7) is 9.56. The Kier molecular flexibility index (Phi) is 3.61. The van der Waals surface area contributed by atoms with Gasteiger partial charge in [-0.3, -0.25) is 0 Å². The molecular weight excluding hydrogens is 144 g/mol. The van der Waals surface area contributed by atoms with Crippen LogP contribution >= 0.6 is 0 Å². The standard InChI is InChI=1S/C12H24/c1-5-11-8-10(4)6-7-12(11)9(2)3/h9-12H,5-8H2,1-4H3/t10-,11?,12+/m1/s1. The van der Waals surface area contributed by atoms with Crippen LogP contribution in [0.2, 0.25) is 0 Å². The van der Waals surface area contributed by atoms with E-state index >= 15 is 0 Å². The molecule has 0 radical (unpaired) electrons. The van der Waals surface area contributed by atoms with Crippen molar-refractivity contribution < 1.29 is 0 Å². The first-order valence-electron chi connectivity index (χ1n) is 5.65. The smallest absolute Gasteiger partial charge is 0.0363 e. The van der Waals surface area contributed by atoms with Crippen LogP contribution in [0.1, 0.15) is 53.4 Å². The highest BCUT2D eigenvalue weighted by Gasteiger charge is 2.28. The van der Waals surface area contributed by atoms with Gasteiger partial charge in [0.2, 0.25) is 0 Å². The first-order chi connectivity index (χ1) is 5.65. The monoisotopic (exact) mass is 168 g/mol. The third-order valence-electron chi connectivity index (χ3n) is 3.68. The van der Waals surface area contributed by atoms with Crippen molar-refractivity contribution in [3.8, 4) is 0 Å². The van der Waals surface area contributed by atoms with E-state index in [0.717, 1.165) is 23.7 Å². The summed E-state index contributed by atoms with van der Waals surface area (Å²) in [5.41, 5.74) is 0. The first-order valence-corrected chi connectivity index (χ1v) is 5.65. The van der Waals surface area contributed by atoms with Gasteiger partial charge in [0.15, 0.2) is 0 Å². The van der Waals surface area contributed by atoms with Crippen LogP contribution in [-0.2, 0) is 0 Å². The fourth-order valence-electron chi connectivity index (χ4n) is 2.87. The van der Waals surface area contributed by atoms with Crippen molar-refractivity contribution in [2.45, 2.75) is 53.4 Å². The van der Waals surface area contributed by atoms with Gasteiger partial charge in [-0.15, -0.1) is 0 Å². The molecule has 1 saturated carbocycles. The van der Waals surface area contributed by atoms with Gasteiger partial charge in [-0.05, 0) is 36.5 Å². The van der Waals surface area contributed by atoms with E-state index in [4.69, 9.17) is 0 Å². The Bertz CT molecular complexity index is 126. The molecule has 1 unspecified atom stereocenters. The molecule has 0 saturated heterocycles. The Morgan fingerprint density at radius 1 is 1.25 bits per heavy atom. The Labute approximate surface area is 77.7 Å². The lowest BCUT2D eigenvalue weighted by Crippen LogP contribution is -2.26. The van der Waals surface area contributed by atoms with Crippen LogP contribution in [0.5, 0.6) is 0 Å². The van der Waals surface area contributed by atoms with Crippen LogP contribution in [-0.4, -0.2) is 0 Å². The second kappa shape index (κ2) is 4.30. The lowest BCUT2D eigenvalue weighted by molar-refractivity contribution is 0.140. The molecule has 0 aromatic carbocycles. The Balaban J connectivity index is 2.50. The fraction of sp³-hybridized carbons (Fsp3) is 1.00. The van der Waals surface area contributed by atoms with Crippen molar-refractivity contribution in [1.29, 1.82) is 0 Å². The Morgan fingerprint density at radius 2 is 1.92 bits per heavy atom. The highest BCUT2D eigenvalue weighted by Crippen LogP contribution is 2.39. The third-order valence-corrected chi connectivity index (χ3v) is 3.68. The zero-order valence-electron chi connectivity index (χ0n) is 9.14. The summed E-state index contributed by atoms with van der Waals surface area (Å²) in [7, 11) is 0. The molecule has 0 aromatic heterocycles. The SMILES string of the molecule is CCC1C[C@H](C)CC[C@H]1C(C)C. The third kappa shape index (κ3) is 2.24. The van der Waals surface area contributed by atoms with Gasteiger partial charge in [0, 0.05) is 0 Å². The summed E-state index contributed by atoms with van der Waals surface area (Å²) < 4.78 is 0. The van der Waals surface area contributed by atoms with Crippen LogP contribution < -0.4 is 0 Å². The average molecular weight is 168 g/mol. The van der Waals surface area contributed by atoms with Crippen molar-refractivity contribution in [3.05, 3.63) is 0 Å². The van der Waals surface area contributed by atoms with Gasteiger partial charge in [-0.1, -0.05) is 40.5 Å². The molecule has 0 aromatic rings. The Hall–Kier alpha value is 0. The van der Waals surface area contributed by atoms with Gasteiger partial charge < -0.3 is 0 Å². The number of hydrogen-bond acceptors (Lipinski definition) is 0. The van der Waals surface area contributed by atoms with Crippen LogP contribution in [0.15, 0.2) is 0 Å². The summed E-state index contributed by atoms with van der Waals surface area (Å²) in [6, 6.07) is 0. The summed E-state index contributed by atoms with van der Waals surface area (Å²) in [5.74, 6) is 3.94. The maximum atomic E-state index is 2.42. The van der Waals surface area contributed by atoms with Gasteiger partial charge in [-0.25, -0.2) is 0 Å². The summed E-state index contributed by atoms with van der Waals surface area (Å²) >= 11 is 0. The van der Waals surface area contributed by atoms with E-state index in [9.17, 15) is 0 Å². The predicted octanol–water partition coefficient (Wildman–Crippen LogP) is 4.10. The van der Waals surface area contributed by atoms with E-state index < -0.39 is 0 Å². The quantitative estimate of drug-likeness (QED) is 0.582. The fourth-order valence-corrected chi connectivity index (χ4v) is 2.87. The van der Waals surface area contributed by atoms with Crippen molar-refractivity contribution in [1.82, 2.24) is 0 Å². The van der Waals surface area contributed by atoms with Gasteiger partial charge >= 0.3 is 0 Å². The molecule has 0 spiro atoms. The normalized spacial score (nSPS) is 37.2. The lowest BCUT2D eigenvalue weighted by atomic mass is 9.69. The molecule has 1 aliphatic rings. The molecule has 0 N–H and O–H groups in total. The van der Waals surface area contributed by atoms with Gasteiger partial charge in [0.25, 0.3) is 0 Å². The maximum Gasteiger partial charge on any atom is -0.0363 e. The average Bonchev–Trinajstić information content (AvgIpc) is 2.03. The molecular formula is C12H24. The summed E-state index contributed by atoms with van der Waals surface area (Å²) in [5, 5.41) is 0. The van der Waals surface area contributed by atoms with Gasteiger partial charge in [0.05, 0.1) is 0 Å². The number of hydrogen-bond donors (Lipinski definition) is 0. The van der Waals surface area contributed by atoms with Crippen LogP contribution in [0, 0.1) is 23.7 Å². The largest absolute Gasteiger partial charge is 0.0651 e. The molecule has 3 atom stereocenters. The molecule has 0 amide bonds. The number of rotatable bonds is 2. The highest BCUT2D eigenvalue weighted by atomic mass is 14.3.